The van der Waals surface area contributed by atoms with Gasteiger partial charge in [0.15, 0.2) is 0 Å². The van der Waals surface area contributed by atoms with Crippen LogP contribution in [-0.2, 0) is 6.54 Å². The molecule has 0 aliphatic carbocycles. The van der Waals surface area contributed by atoms with E-state index in [0.29, 0.717) is 18.8 Å². The summed E-state index contributed by atoms with van der Waals surface area (Å²) in [5.74, 6) is 0.686. The summed E-state index contributed by atoms with van der Waals surface area (Å²) < 4.78 is 20.2. The smallest absolute Gasteiger partial charge is 0.140 e. The van der Waals surface area contributed by atoms with E-state index in [9.17, 15) is 4.39 Å². The van der Waals surface area contributed by atoms with Gasteiger partial charge in [0.25, 0.3) is 0 Å². The number of hydrogen-bond donors (Lipinski definition) is 0. The van der Waals surface area contributed by atoms with Crippen LogP contribution >= 0.6 is 0 Å². The molecule has 1 atom stereocenters. The highest BCUT2D eigenvalue weighted by Crippen LogP contribution is 2.30. The summed E-state index contributed by atoms with van der Waals surface area (Å²) in [4.78, 5) is 2.31. The Balaban J connectivity index is 1.69. The maximum atomic E-state index is 14.2. The Labute approximate surface area is 189 Å². The zero-order valence-electron chi connectivity index (χ0n) is 18.1. The van der Waals surface area contributed by atoms with Crippen LogP contribution in [0.1, 0.15) is 22.7 Å². The van der Waals surface area contributed by atoms with Crippen LogP contribution in [0, 0.1) is 0 Å². The standard InChI is InChI=1S/C29H28FNO/c30-21-28(32-27-19-11-4-12-20-27)23-31(22-24-13-5-1-6-14-24)29(25-15-7-2-8-16-25)26-17-9-3-10-18-26/h1-20,28-29H,21-23H2/t28-/m1/s1. The summed E-state index contributed by atoms with van der Waals surface area (Å²) in [6.45, 7) is 0.579. The second-order valence-electron chi connectivity index (χ2n) is 7.85. The van der Waals surface area contributed by atoms with Gasteiger partial charge in [-0.3, -0.25) is 4.90 Å². The highest BCUT2D eigenvalue weighted by Gasteiger charge is 2.26. The predicted molar refractivity (Wildman–Crippen MR) is 128 cm³/mol. The Kier molecular flexibility index (Phi) is 7.67. The Morgan fingerprint density at radius 1 is 0.625 bits per heavy atom. The molecule has 2 nitrogen and oxygen atoms in total. The van der Waals surface area contributed by atoms with Crippen molar-refractivity contribution in [1.29, 1.82) is 0 Å². The van der Waals surface area contributed by atoms with Crippen LogP contribution in [-0.4, -0.2) is 24.2 Å². The summed E-state index contributed by atoms with van der Waals surface area (Å²) in [6, 6.07) is 40.6. The Morgan fingerprint density at radius 2 is 1.09 bits per heavy atom. The molecule has 0 N–H and O–H groups in total. The van der Waals surface area contributed by atoms with Gasteiger partial charge >= 0.3 is 0 Å². The number of benzene rings is 4. The molecule has 0 aromatic heterocycles. The minimum atomic E-state index is -0.573. The van der Waals surface area contributed by atoms with Crippen LogP contribution in [0.3, 0.4) is 0 Å². The van der Waals surface area contributed by atoms with Crippen LogP contribution in [0.4, 0.5) is 4.39 Å². The molecule has 0 amide bonds. The molecule has 0 heterocycles. The first kappa shape index (κ1) is 21.8. The van der Waals surface area contributed by atoms with Crippen molar-refractivity contribution >= 4 is 0 Å². The SMILES string of the molecule is FC[C@H](CN(Cc1ccccc1)C(c1ccccc1)c1ccccc1)Oc1ccccc1. The third-order valence-electron chi connectivity index (χ3n) is 5.48. The van der Waals surface area contributed by atoms with Crippen molar-refractivity contribution < 1.29 is 9.13 Å². The molecule has 0 unspecified atom stereocenters. The first-order valence-electron chi connectivity index (χ1n) is 11.0. The summed E-state index contributed by atoms with van der Waals surface area (Å²) in [5.41, 5.74) is 3.53. The average Bonchev–Trinajstić information content (AvgIpc) is 2.86. The van der Waals surface area contributed by atoms with Crippen LogP contribution in [0.25, 0.3) is 0 Å². The first-order chi connectivity index (χ1) is 15.8. The van der Waals surface area contributed by atoms with Crippen LogP contribution in [0.15, 0.2) is 121 Å². The van der Waals surface area contributed by atoms with E-state index in [4.69, 9.17) is 4.74 Å². The molecule has 0 fully saturated rings. The highest BCUT2D eigenvalue weighted by molar-refractivity contribution is 5.32. The second kappa shape index (κ2) is 11.3. The van der Waals surface area contributed by atoms with Crippen LogP contribution in [0.2, 0.25) is 0 Å². The number of ether oxygens (including phenoxy) is 1. The summed E-state index contributed by atoms with van der Waals surface area (Å²) in [6.07, 6.45) is -0.573. The lowest BCUT2D eigenvalue weighted by Crippen LogP contribution is -2.39. The number of rotatable bonds is 10. The van der Waals surface area contributed by atoms with Crippen molar-refractivity contribution in [1.82, 2.24) is 4.90 Å². The lowest BCUT2D eigenvalue weighted by molar-refractivity contribution is 0.0895. The van der Waals surface area contributed by atoms with Gasteiger partial charge in [-0.15, -0.1) is 0 Å². The largest absolute Gasteiger partial charge is 0.486 e. The van der Waals surface area contributed by atoms with Gasteiger partial charge in [0.05, 0.1) is 6.04 Å². The van der Waals surface area contributed by atoms with Crippen LogP contribution < -0.4 is 4.74 Å². The molecule has 0 aliphatic heterocycles. The zero-order chi connectivity index (χ0) is 22.0. The van der Waals surface area contributed by atoms with Gasteiger partial charge in [0.1, 0.15) is 18.5 Å². The van der Waals surface area contributed by atoms with Gasteiger partial charge in [-0.05, 0) is 28.8 Å². The third kappa shape index (κ3) is 5.83. The molecule has 0 spiro atoms. The molecule has 32 heavy (non-hydrogen) atoms. The number of para-hydroxylation sites is 1. The van der Waals surface area contributed by atoms with Crippen molar-refractivity contribution in [3.63, 3.8) is 0 Å². The van der Waals surface area contributed by atoms with Crippen LogP contribution in [0.5, 0.6) is 5.75 Å². The van der Waals surface area contributed by atoms with E-state index < -0.39 is 12.8 Å². The molecule has 0 bridgehead atoms. The van der Waals surface area contributed by atoms with E-state index in [1.54, 1.807) is 0 Å². The average molecular weight is 426 g/mol. The maximum Gasteiger partial charge on any atom is 0.140 e. The number of nitrogens with zero attached hydrogens (tertiary/aromatic N) is 1. The second-order valence-corrected chi connectivity index (χ2v) is 7.85. The number of hydrogen-bond acceptors (Lipinski definition) is 2. The van der Waals surface area contributed by atoms with Gasteiger partial charge in [-0.1, -0.05) is 109 Å². The fourth-order valence-electron chi connectivity index (χ4n) is 4.03. The molecule has 4 aromatic carbocycles. The maximum absolute atomic E-state index is 14.2. The molecule has 0 aliphatic rings. The fourth-order valence-corrected chi connectivity index (χ4v) is 4.03. The van der Waals surface area contributed by atoms with Crippen molar-refractivity contribution in [2.45, 2.75) is 18.7 Å². The lowest BCUT2D eigenvalue weighted by Gasteiger charge is -2.35. The normalized spacial score (nSPS) is 12.1. The van der Waals surface area contributed by atoms with E-state index in [2.05, 4.69) is 65.6 Å². The minimum Gasteiger partial charge on any atom is -0.486 e. The van der Waals surface area contributed by atoms with Gasteiger partial charge < -0.3 is 4.74 Å². The van der Waals surface area contributed by atoms with E-state index in [1.807, 2.05) is 60.7 Å². The number of halogens is 1. The number of alkyl halides is 1. The summed E-state index contributed by atoms with van der Waals surface area (Å²) >= 11 is 0. The predicted octanol–water partition coefficient (Wildman–Crippen LogP) is 6.70. The minimum absolute atomic E-state index is 0.0222. The van der Waals surface area contributed by atoms with Crippen molar-refractivity contribution in [3.05, 3.63) is 138 Å². The van der Waals surface area contributed by atoms with Gasteiger partial charge in [-0.2, -0.15) is 0 Å². The molecule has 0 radical (unpaired) electrons. The van der Waals surface area contributed by atoms with Crippen molar-refractivity contribution in [3.8, 4) is 5.75 Å². The van der Waals surface area contributed by atoms with Gasteiger partial charge in [-0.25, -0.2) is 4.39 Å². The topological polar surface area (TPSA) is 12.5 Å². The molecule has 0 saturated carbocycles. The highest BCUT2D eigenvalue weighted by atomic mass is 19.1. The molecular weight excluding hydrogens is 397 g/mol. The lowest BCUT2D eigenvalue weighted by atomic mass is 9.96. The molecule has 3 heteroatoms. The fraction of sp³-hybridized carbons (Fsp3) is 0.172. The van der Waals surface area contributed by atoms with Gasteiger partial charge in [0.2, 0.25) is 0 Å². The summed E-state index contributed by atoms with van der Waals surface area (Å²) in [5, 5.41) is 0. The quantitative estimate of drug-likeness (QED) is 0.280. The van der Waals surface area contributed by atoms with E-state index >= 15 is 0 Å². The molecular formula is C29H28FNO. The first-order valence-corrected chi connectivity index (χ1v) is 11.0. The van der Waals surface area contributed by atoms with Crippen molar-refractivity contribution in [2.24, 2.45) is 0 Å². The van der Waals surface area contributed by atoms with Crippen molar-refractivity contribution in [2.75, 3.05) is 13.2 Å². The van der Waals surface area contributed by atoms with Gasteiger partial charge in [0, 0.05) is 13.1 Å². The zero-order valence-corrected chi connectivity index (χ0v) is 18.1. The third-order valence-corrected chi connectivity index (χ3v) is 5.48. The Morgan fingerprint density at radius 3 is 1.59 bits per heavy atom. The molecule has 0 saturated heterocycles. The summed E-state index contributed by atoms with van der Waals surface area (Å²) in [7, 11) is 0. The van der Waals surface area contributed by atoms with E-state index in [-0.39, 0.29) is 6.04 Å². The molecule has 162 valence electrons. The Bertz CT molecular complexity index is 1000. The van der Waals surface area contributed by atoms with E-state index in [1.165, 1.54) is 16.7 Å². The molecule has 4 rings (SSSR count). The van der Waals surface area contributed by atoms with E-state index in [0.717, 1.165) is 0 Å². The monoisotopic (exact) mass is 425 g/mol. The molecule has 4 aromatic rings. The Hall–Kier alpha value is -3.43.